The quantitative estimate of drug-likeness (QED) is 0.723. The Morgan fingerprint density at radius 3 is 2.71 bits per heavy atom. The molecule has 80 valence electrons. The normalized spacial score (nSPS) is 12.4. The van der Waals surface area contributed by atoms with Gasteiger partial charge in [-0.2, -0.15) is 8.78 Å². The first kappa shape index (κ1) is 11.0. The Hall–Kier alpha value is -1.11. The molecule has 0 saturated carbocycles. The third-order valence-electron chi connectivity index (χ3n) is 1.53. The van der Waals surface area contributed by atoms with E-state index in [9.17, 15) is 17.6 Å². The van der Waals surface area contributed by atoms with Gasteiger partial charge in [0.25, 0.3) is 0 Å². The van der Waals surface area contributed by atoms with E-state index < -0.39 is 18.9 Å². The zero-order valence-corrected chi connectivity index (χ0v) is 7.11. The largest absolute Gasteiger partial charge is 0.348 e. The van der Waals surface area contributed by atoms with Gasteiger partial charge >= 0.3 is 12.3 Å². The van der Waals surface area contributed by atoms with E-state index in [2.05, 4.69) is 15.3 Å². The minimum absolute atomic E-state index is 0.00924. The lowest BCUT2D eigenvalue weighted by molar-refractivity contribution is -0.125. The average Bonchev–Trinajstić information content (AvgIpc) is 2.56. The molecule has 1 heterocycles. The van der Waals surface area contributed by atoms with Crippen LogP contribution in [0.3, 0.4) is 0 Å². The van der Waals surface area contributed by atoms with Crippen LogP contribution in [0.15, 0.2) is 12.4 Å². The summed E-state index contributed by atoms with van der Waals surface area (Å²) in [5.41, 5.74) is 0. The van der Waals surface area contributed by atoms with Crippen LogP contribution < -0.4 is 5.32 Å². The number of nitrogens with one attached hydrogen (secondary N) is 2. The molecule has 1 rings (SSSR count). The van der Waals surface area contributed by atoms with E-state index in [0.717, 1.165) is 0 Å². The Morgan fingerprint density at radius 2 is 2.21 bits per heavy atom. The van der Waals surface area contributed by atoms with Crippen LogP contribution in [-0.4, -0.2) is 28.9 Å². The molecule has 0 spiro atoms. The maximum Gasteiger partial charge on any atom is 0.319 e. The number of alkyl halides is 4. The van der Waals surface area contributed by atoms with Crippen LogP contribution in [0.5, 0.6) is 0 Å². The molecule has 1 aromatic rings. The summed E-state index contributed by atoms with van der Waals surface area (Å²) in [7, 11) is 0. The summed E-state index contributed by atoms with van der Waals surface area (Å²) >= 11 is 0. The molecule has 0 unspecified atom stereocenters. The van der Waals surface area contributed by atoms with Crippen molar-refractivity contribution in [1.29, 1.82) is 0 Å². The lowest BCUT2D eigenvalue weighted by Crippen LogP contribution is -2.38. The molecule has 14 heavy (non-hydrogen) atoms. The van der Waals surface area contributed by atoms with E-state index in [-0.39, 0.29) is 6.54 Å². The summed E-state index contributed by atoms with van der Waals surface area (Å²) in [6, 6.07) is 0. The van der Waals surface area contributed by atoms with E-state index in [1.165, 1.54) is 12.4 Å². The number of nitrogens with zero attached hydrogens (tertiary/aromatic N) is 1. The second kappa shape index (κ2) is 4.41. The summed E-state index contributed by atoms with van der Waals surface area (Å²) in [4.78, 5) is 6.38. The van der Waals surface area contributed by atoms with Gasteiger partial charge in [-0.15, -0.1) is 0 Å². The first-order chi connectivity index (χ1) is 6.52. The molecule has 0 amide bonds. The van der Waals surface area contributed by atoms with Crippen LogP contribution in [-0.2, 0) is 6.54 Å². The van der Waals surface area contributed by atoms with Gasteiger partial charge in [0.05, 0.1) is 13.1 Å². The first-order valence-electron chi connectivity index (χ1n) is 3.87. The van der Waals surface area contributed by atoms with Gasteiger partial charge in [0.1, 0.15) is 5.82 Å². The molecule has 0 bridgehead atoms. The highest BCUT2D eigenvalue weighted by Crippen LogP contribution is 2.21. The number of rotatable bonds is 5. The Morgan fingerprint density at radius 1 is 1.50 bits per heavy atom. The first-order valence-corrected chi connectivity index (χ1v) is 3.87. The van der Waals surface area contributed by atoms with E-state index >= 15 is 0 Å². The number of aromatic amines is 1. The van der Waals surface area contributed by atoms with Crippen molar-refractivity contribution in [3.05, 3.63) is 18.2 Å². The van der Waals surface area contributed by atoms with Crippen molar-refractivity contribution in [2.75, 3.05) is 6.54 Å². The van der Waals surface area contributed by atoms with E-state index in [0.29, 0.717) is 5.82 Å². The van der Waals surface area contributed by atoms with Crippen molar-refractivity contribution in [1.82, 2.24) is 15.3 Å². The Kier molecular flexibility index (Phi) is 3.45. The van der Waals surface area contributed by atoms with Gasteiger partial charge in [-0.05, 0) is 0 Å². The fourth-order valence-electron chi connectivity index (χ4n) is 0.819. The maximum absolute atomic E-state index is 12.3. The van der Waals surface area contributed by atoms with Crippen LogP contribution in [0, 0.1) is 0 Å². The number of halogens is 4. The van der Waals surface area contributed by atoms with Gasteiger partial charge in [0.2, 0.25) is 0 Å². The molecule has 0 radical (unpaired) electrons. The number of hydrogen-bond acceptors (Lipinski definition) is 2. The minimum atomic E-state index is -3.99. The predicted octanol–water partition coefficient (Wildman–Crippen LogP) is 1.40. The van der Waals surface area contributed by atoms with Crippen molar-refractivity contribution in [3.63, 3.8) is 0 Å². The second-order valence-corrected chi connectivity index (χ2v) is 2.70. The number of aromatic nitrogens is 2. The van der Waals surface area contributed by atoms with Gasteiger partial charge in [-0.3, -0.25) is 0 Å². The van der Waals surface area contributed by atoms with Crippen LogP contribution in [0.2, 0.25) is 0 Å². The standard InChI is InChI=1S/C7H9F4N3/c8-6(9)7(10,11)4-12-3-5-13-1-2-14-5/h1-2,6,12H,3-4H2,(H,13,14). The van der Waals surface area contributed by atoms with Crippen LogP contribution >= 0.6 is 0 Å². The van der Waals surface area contributed by atoms with E-state index in [4.69, 9.17) is 0 Å². The fourth-order valence-corrected chi connectivity index (χ4v) is 0.819. The minimum Gasteiger partial charge on any atom is -0.348 e. The highest BCUT2D eigenvalue weighted by molar-refractivity contribution is 4.86. The SMILES string of the molecule is FC(F)C(F)(F)CNCc1ncc[nH]1. The third-order valence-corrected chi connectivity index (χ3v) is 1.53. The van der Waals surface area contributed by atoms with Crippen LogP contribution in [0.1, 0.15) is 5.82 Å². The van der Waals surface area contributed by atoms with Gasteiger partial charge in [0, 0.05) is 12.4 Å². The Balaban J connectivity index is 2.28. The zero-order chi connectivity index (χ0) is 10.6. The summed E-state index contributed by atoms with van der Waals surface area (Å²) in [5, 5.41) is 2.19. The lowest BCUT2D eigenvalue weighted by Gasteiger charge is -2.14. The molecule has 0 aromatic carbocycles. The maximum atomic E-state index is 12.3. The van der Waals surface area contributed by atoms with E-state index in [1.54, 1.807) is 0 Å². The highest BCUT2D eigenvalue weighted by Gasteiger charge is 2.39. The van der Waals surface area contributed by atoms with Gasteiger partial charge < -0.3 is 10.3 Å². The molecule has 2 N–H and O–H groups in total. The molecule has 3 nitrogen and oxygen atoms in total. The van der Waals surface area contributed by atoms with Gasteiger partial charge in [-0.25, -0.2) is 13.8 Å². The average molecular weight is 211 g/mol. The Labute approximate surface area is 77.5 Å². The number of imidazole rings is 1. The summed E-state index contributed by atoms with van der Waals surface area (Å²) < 4.78 is 48.0. The van der Waals surface area contributed by atoms with Gasteiger partial charge in [-0.1, -0.05) is 0 Å². The topological polar surface area (TPSA) is 40.7 Å². The highest BCUT2D eigenvalue weighted by atomic mass is 19.3. The number of H-pyrrole nitrogens is 1. The molecule has 7 heteroatoms. The lowest BCUT2D eigenvalue weighted by atomic mass is 10.3. The van der Waals surface area contributed by atoms with Crippen molar-refractivity contribution < 1.29 is 17.6 Å². The summed E-state index contributed by atoms with van der Waals surface area (Å²) in [6.45, 7) is -1.05. The Bertz CT molecular complexity index is 260. The van der Waals surface area contributed by atoms with Crippen molar-refractivity contribution >= 4 is 0 Å². The predicted molar refractivity (Wildman–Crippen MR) is 41.2 cm³/mol. The third kappa shape index (κ3) is 2.99. The van der Waals surface area contributed by atoms with Crippen LogP contribution in [0.25, 0.3) is 0 Å². The fraction of sp³-hybridized carbons (Fsp3) is 0.571. The summed E-state index contributed by atoms with van der Waals surface area (Å²) in [6.07, 6.45) is -0.684. The van der Waals surface area contributed by atoms with Crippen LogP contribution in [0.4, 0.5) is 17.6 Å². The van der Waals surface area contributed by atoms with Crippen molar-refractivity contribution in [2.45, 2.75) is 18.9 Å². The smallest absolute Gasteiger partial charge is 0.319 e. The number of hydrogen-bond donors (Lipinski definition) is 2. The molecule has 0 fully saturated rings. The molecule has 0 atom stereocenters. The summed E-state index contributed by atoms with van der Waals surface area (Å²) in [5.74, 6) is -3.57. The van der Waals surface area contributed by atoms with Gasteiger partial charge in [0.15, 0.2) is 0 Å². The second-order valence-electron chi connectivity index (χ2n) is 2.70. The molecule has 0 aliphatic heterocycles. The molecule has 1 aromatic heterocycles. The molecule has 0 aliphatic carbocycles. The molecule has 0 aliphatic rings. The molecular weight excluding hydrogens is 202 g/mol. The monoisotopic (exact) mass is 211 g/mol. The van der Waals surface area contributed by atoms with E-state index in [1.807, 2.05) is 0 Å². The molecule has 0 saturated heterocycles. The zero-order valence-electron chi connectivity index (χ0n) is 7.11. The van der Waals surface area contributed by atoms with Crippen molar-refractivity contribution in [2.24, 2.45) is 0 Å². The van der Waals surface area contributed by atoms with Crippen molar-refractivity contribution in [3.8, 4) is 0 Å². The molecular formula is C7H9F4N3.